The molecule has 2 heterocycles. The van der Waals surface area contributed by atoms with Crippen molar-refractivity contribution in [1.29, 1.82) is 0 Å². The van der Waals surface area contributed by atoms with Crippen molar-refractivity contribution in [2.24, 2.45) is 0 Å². The Kier molecular flexibility index (Phi) is 3.06. The maximum Gasteiger partial charge on any atom is 0.251 e. The lowest BCUT2D eigenvalue weighted by molar-refractivity contribution is 0.0840. The van der Waals surface area contributed by atoms with Crippen LogP contribution in [0.2, 0.25) is 0 Å². The van der Waals surface area contributed by atoms with E-state index in [1.807, 2.05) is 0 Å². The number of rotatable bonds is 3. The van der Waals surface area contributed by atoms with Gasteiger partial charge in [0.1, 0.15) is 5.75 Å². The first-order chi connectivity index (χ1) is 9.17. The van der Waals surface area contributed by atoms with E-state index in [1.54, 1.807) is 18.2 Å². The first-order valence-electron chi connectivity index (χ1n) is 6.57. The average Bonchev–Trinajstić information content (AvgIpc) is 3.01. The Morgan fingerprint density at radius 2 is 2.32 bits per heavy atom. The third-order valence-electron chi connectivity index (χ3n) is 3.92. The van der Waals surface area contributed by atoms with Gasteiger partial charge in [-0.05, 0) is 37.5 Å². The number of amides is 1. The number of methoxy groups -OCH3 is 1. The summed E-state index contributed by atoms with van der Waals surface area (Å²) in [5.41, 5.74) is 6.83. The quantitative estimate of drug-likeness (QED) is 0.806. The number of hydrogen-bond donors (Lipinski definition) is 2. The number of ether oxygens (including phenoxy) is 2. The third-order valence-corrected chi connectivity index (χ3v) is 3.92. The van der Waals surface area contributed by atoms with Crippen molar-refractivity contribution in [1.82, 2.24) is 5.32 Å². The van der Waals surface area contributed by atoms with Crippen molar-refractivity contribution < 1.29 is 14.3 Å². The van der Waals surface area contributed by atoms with E-state index in [4.69, 9.17) is 15.2 Å². The summed E-state index contributed by atoms with van der Waals surface area (Å²) in [6.07, 6.45) is 3.59. The zero-order valence-corrected chi connectivity index (χ0v) is 10.9. The largest absolute Gasteiger partial charge is 0.495 e. The molecule has 5 heteroatoms. The molecule has 102 valence electrons. The number of carbonyl (C=O) groups excluding carboxylic acids is 1. The summed E-state index contributed by atoms with van der Waals surface area (Å²) in [6.45, 7) is 0. The van der Waals surface area contributed by atoms with Crippen LogP contribution in [0.5, 0.6) is 5.75 Å². The van der Waals surface area contributed by atoms with Gasteiger partial charge in [0.2, 0.25) is 0 Å². The number of nitrogens with two attached hydrogens (primary N) is 1. The first-order valence-corrected chi connectivity index (χ1v) is 6.57. The number of anilines is 1. The van der Waals surface area contributed by atoms with Crippen LogP contribution in [0.4, 0.5) is 5.69 Å². The van der Waals surface area contributed by atoms with Crippen molar-refractivity contribution >= 4 is 11.6 Å². The fraction of sp³-hybridized carbons (Fsp3) is 0.500. The van der Waals surface area contributed by atoms with Crippen molar-refractivity contribution in [3.63, 3.8) is 0 Å². The Hall–Kier alpha value is -1.75. The van der Waals surface area contributed by atoms with E-state index < -0.39 is 0 Å². The zero-order chi connectivity index (χ0) is 13.4. The Labute approximate surface area is 112 Å². The molecule has 2 bridgehead atoms. The third kappa shape index (κ3) is 2.26. The normalized spacial score (nSPS) is 28.4. The molecule has 3 atom stereocenters. The molecule has 5 nitrogen and oxygen atoms in total. The molecular weight excluding hydrogens is 244 g/mol. The topological polar surface area (TPSA) is 73.6 Å². The standard InChI is InChI=1S/C14H18N2O3/c1-18-13-6-8(2-4-10(13)15)14(17)16-11-7-9-3-5-12(11)19-9/h2,4,6,9,11-12H,3,5,7,15H2,1H3,(H,16,17). The van der Waals surface area contributed by atoms with E-state index in [0.29, 0.717) is 23.1 Å². The molecule has 1 aromatic carbocycles. The fourth-order valence-corrected chi connectivity index (χ4v) is 2.89. The summed E-state index contributed by atoms with van der Waals surface area (Å²) in [5, 5.41) is 3.04. The summed E-state index contributed by atoms with van der Waals surface area (Å²) in [7, 11) is 1.54. The summed E-state index contributed by atoms with van der Waals surface area (Å²) in [4.78, 5) is 12.2. The van der Waals surface area contributed by atoms with Crippen LogP contribution >= 0.6 is 0 Å². The first kappa shape index (κ1) is 12.3. The smallest absolute Gasteiger partial charge is 0.251 e. The molecule has 3 N–H and O–H groups in total. The number of fused-ring (bicyclic) bond motifs is 2. The SMILES string of the molecule is COc1cc(C(=O)NC2CC3CCC2O3)ccc1N. The number of carbonyl (C=O) groups is 1. The summed E-state index contributed by atoms with van der Waals surface area (Å²) in [5.74, 6) is 0.427. The van der Waals surface area contributed by atoms with Gasteiger partial charge < -0.3 is 20.5 Å². The highest BCUT2D eigenvalue weighted by Crippen LogP contribution is 2.34. The number of nitrogen functional groups attached to an aromatic ring is 1. The molecule has 19 heavy (non-hydrogen) atoms. The lowest BCUT2D eigenvalue weighted by atomic mass is 9.95. The van der Waals surface area contributed by atoms with Gasteiger partial charge in [-0.2, -0.15) is 0 Å². The van der Waals surface area contributed by atoms with E-state index in [1.165, 1.54) is 7.11 Å². The van der Waals surface area contributed by atoms with Crippen molar-refractivity contribution in [3.8, 4) is 5.75 Å². The minimum atomic E-state index is -0.0977. The van der Waals surface area contributed by atoms with E-state index in [0.717, 1.165) is 19.3 Å². The van der Waals surface area contributed by atoms with E-state index >= 15 is 0 Å². The predicted octanol–water partition coefficient (Wildman–Crippen LogP) is 1.33. The fourth-order valence-electron chi connectivity index (χ4n) is 2.89. The highest BCUT2D eigenvalue weighted by Gasteiger charge is 2.41. The van der Waals surface area contributed by atoms with Crippen LogP contribution in [-0.2, 0) is 4.74 Å². The van der Waals surface area contributed by atoms with Crippen molar-refractivity contribution in [2.75, 3.05) is 12.8 Å². The number of nitrogens with one attached hydrogen (secondary N) is 1. The maximum atomic E-state index is 12.2. The van der Waals surface area contributed by atoms with Gasteiger partial charge in [0, 0.05) is 5.56 Å². The maximum absolute atomic E-state index is 12.2. The molecular formula is C14H18N2O3. The van der Waals surface area contributed by atoms with Crippen LogP contribution in [-0.4, -0.2) is 31.3 Å². The lowest BCUT2D eigenvalue weighted by Gasteiger charge is -2.20. The van der Waals surface area contributed by atoms with Crippen LogP contribution in [0.3, 0.4) is 0 Å². The van der Waals surface area contributed by atoms with Crippen molar-refractivity contribution in [3.05, 3.63) is 23.8 Å². The number of hydrogen-bond acceptors (Lipinski definition) is 4. The minimum absolute atomic E-state index is 0.0977. The number of benzene rings is 1. The Balaban J connectivity index is 1.70. The van der Waals surface area contributed by atoms with Crippen LogP contribution in [0.15, 0.2) is 18.2 Å². The Morgan fingerprint density at radius 1 is 1.47 bits per heavy atom. The molecule has 0 aromatic heterocycles. The molecule has 0 radical (unpaired) electrons. The Morgan fingerprint density at radius 3 is 2.95 bits per heavy atom. The van der Waals surface area contributed by atoms with Gasteiger partial charge in [0.15, 0.2) is 0 Å². The van der Waals surface area contributed by atoms with Gasteiger partial charge in [0.25, 0.3) is 5.91 Å². The van der Waals surface area contributed by atoms with Gasteiger partial charge in [0.05, 0.1) is 31.0 Å². The zero-order valence-electron chi connectivity index (χ0n) is 10.9. The average molecular weight is 262 g/mol. The van der Waals surface area contributed by atoms with Gasteiger partial charge in [-0.1, -0.05) is 0 Å². The van der Waals surface area contributed by atoms with Gasteiger partial charge >= 0.3 is 0 Å². The summed E-state index contributed by atoms with van der Waals surface area (Å²) < 4.78 is 10.9. The van der Waals surface area contributed by atoms with Crippen LogP contribution in [0.1, 0.15) is 29.6 Å². The molecule has 1 amide bonds. The molecule has 2 fully saturated rings. The molecule has 1 aromatic rings. The van der Waals surface area contributed by atoms with Crippen molar-refractivity contribution in [2.45, 2.75) is 37.5 Å². The second-order valence-corrected chi connectivity index (χ2v) is 5.15. The lowest BCUT2D eigenvalue weighted by Crippen LogP contribution is -2.41. The molecule has 0 spiro atoms. The monoisotopic (exact) mass is 262 g/mol. The minimum Gasteiger partial charge on any atom is -0.495 e. The highest BCUT2D eigenvalue weighted by molar-refractivity contribution is 5.95. The Bertz CT molecular complexity index is 503. The van der Waals surface area contributed by atoms with E-state index in [2.05, 4.69) is 5.32 Å². The molecule has 2 aliphatic rings. The molecule has 3 unspecified atom stereocenters. The van der Waals surface area contributed by atoms with Crippen LogP contribution < -0.4 is 15.8 Å². The van der Waals surface area contributed by atoms with Gasteiger partial charge in [-0.25, -0.2) is 0 Å². The second kappa shape index (κ2) is 4.74. The molecule has 2 saturated heterocycles. The molecule has 3 rings (SSSR count). The van der Waals surface area contributed by atoms with E-state index in [9.17, 15) is 4.79 Å². The summed E-state index contributed by atoms with van der Waals surface area (Å²) in [6, 6.07) is 5.19. The van der Waals surface area contributed by atoms with Gasteiger partial charge in [-0.15, -0.1) is 0 Å². The van der Waals surface area contributed by atoms with Crippen LogP contribution in [0, 0.1) is 0 Å². The van der Waals surface area contributed by atoms with Gasteiger partial charge in [-0.3, -0.25) is 4.79 Å². The molecule has 0 aliphatic carbocycles. The molecule has 2 aliphatic heterocycles. The summed E-state index contributed by atoms with van der Waals surface area (Å²) >= 11 is 0. The highest BCUT2D eigenvalue weighted by atomic mass is 16.5. The van der Waals surface area contributed by atoms with E-state index in [-0.39, 0.29) is 18.1 Å². The van der Waals surface area contributed by atoms with Crippen LogP contribution in [0.25, 0.3) is 0 Å². The predicted molar refractivity (Wildman–Crippen MR) is 71.2 cm³/mol. The molecule has 0 saturated carbocycles. The second-order valence-electron chi connectivity index (χ2n) is 5.15.